The predicted molar refractivity (Wildman–Crippen MR) is 115 cm³/mol. The second-order valence-electron chi connectivity index (χ2n) is 7.16. The molecule has 1 aliphatic heterocycles. The Kier molecular flexibility index (Phi) is 5.69. The Balaban J connectivity index is 1.45. The number of carbonyl (C=O) groups excluding carboxylic acids is 1. The van der Waals surface area contributed by atoms with Crippen LogP contribution in [0.25, 0.3) is 10.9 Å². The van der Waals surface area contributed by atoms with Crippen LogP contribution in [0.5, 0.6) is 0 Å². The van der Waals surface area contributed by atoms with Gasteiger partial charge in [-0.05, 0) is 29.7 Å². The number of fused-ring (bicyclic) bond motifs is 1. The van der Waals surface area contributed by atoms with Crippen molar-refractivity contribution < 1.29 is 18.1 Å². The summed E-state index contributed by atoms with van der Waals surface area (Å²) in [7, 11) is -4.04. The van der Waals surface area contributed by atoms with Crippen molar-refractivity contribution in [3.63, 3.8) is 0 Å². The average Bonchev–Trinajstić information content (AvgIpc) is 3.15. The molecule has 9 nitrogen and oxygen atoms in total. The van der Waals surface area contributed by atoms with Crippen molar-refractivity contribution in [1.29, 1.82) is 0 Å². The maximum Gasteiger partial charge on any atom is 0.289 e. The molecule has 1 aliphatic rings. The minimum atomic E-state index is -4.04. The number of halogens is 1. The zero-order valence-electron chi connectivity index (χ0n) is 16.3. The van der Waals surface area contributed by atoms with Gasteiger partial charge in [0, 0.05) is 49.0 Å². The van der Waals surface area contributed by atoms with E-state index >= 15 is 0 Å². The van der Waals surface area contributed by atoms with Gasteiger partial charge in [-0.15, -0.1) is 0 Å². The fourth-order valence-corrected chi connectivity index (χ4v) is 5.43. The van der Waals surface area contributed by atoms with Gasteiger partial charge in [0.05, 0.1) is 4.92 Å². The lowest BCUT2D eigenvalue weighted by atomic mass is 10.2. The van der Waals surface area contributed by atoms with Gasteiger partial charge in [-0.25, -0.2) is 8.42 Å². The third kappa shape index (κ3) is 4.14. The third-order valence-electron chi connectivity index (χ3n) is 5.31. The van der Waals surface area contributed by atoms with Crippen LogP contribution in [0.3, 0.4) is 0 Å². The van der Waals surface area contributed by atoms with Gasteiger partial charge in [-0.1, -0.05) is 29.8 Å². The number of hydrogen-bond acceptors (Lipinski definition) is 5. The van der Waals surface area contributed by atoms with Gasteiger partial charge in [-0.3, -0.25) is 14.9 Å². The van der Waals surface area contributed by atoms with Crippen molar-refractivity contribution in [2.24, 2.45) is 0 Å². The quantitative estimate of drug-likeness (QED) is 0.428. The van der Waals surface area contributed by atoms with Crippen LogP contribution < -0.4 is 0 Å². The number of nitro benzene ring substituents is 1. The summed E-state index contributed by atoms with van der Waals surface area (Å²) >= 11 is 6.06. The molecule has 0 spiro atoms. The van der Waals surface area contributed by atoms with Crippen molar-refractivity contribution in [2.75, 3.05) is 26.2 Å². The van der Waals surface area contributed by atoms with Crippen LogP contribution in [0.15, 0.2) is 59.6 Å². The molecule has 1 amide bonds. The zero-order chi connectivity index (χ0) is 22.2. The molecule has 1 fully saturated rings. The summed E-state index contributed by atoms with van der Waals surface area (Å²) in [6.07, 6.45) is 1.81. The molecule has 0 aliphatic carbocycles. The highest BCUT2D eigenvalue weighted by molar-refractivity contribution is 7.89. The van der Waals surface area contributed by atoms with Crippen LogP contribution in [-0.2, 0) is 21.4 Å². The van der Waals surface area contributed by atoms with Crippen molar-refractivity contribution >= 4 is 44.1 Å². The summed E-state index contributed by atoms with van der Waals surface area (Å²) in [6.45, 7) is 0.662. The summed E-state index contributed by atoms with van der Waals surface area (Å²) in [5.41, 5.74) is 0.387. The van der Waals surface area contributed by atoms with Gasteiger partial charge >= 0.3 is 0 Å². The molecule has 4 rings (SSSR count). The van der Waals surface area contributed by atoms with E-state index in [1.165, 1.54) is 28.6 Å². The summed E-state index contributed by atoms with van der Waals surface area (Å²) in [4.78, 5) is 24.5. The van der Waals surface area contributed by atoms with E-state index < -0.39 is 20.6 Å². The average molecular weight is 463 g/mol. The Labute approximate surface area is 183 Å². The SMILES string of the molecule is O=C(Cn1ccc2ccc(Cl)cc21)N1CCN(S(=O)(=O)c2ccccc2[N+](=O)[O-])CC1. The monoisotopic (exact) mass is 462 g/mol. The molecule has 1 saturated heterocycles. The molecule has 0 unspecified atom stereocenters. The predicted octanol–water partition coefficient (Wildman–Crippen LogP) is 2.74. The van der Waals surface area contributed by atoms with Crippen LogP contribution in [0.2, 0.25) is 5.02 Å². The fraction of sp³-hybridized carbons (Fsp3) is 0.250. The molecule has 0 bridgehead atoms. The van der Waals surface area contributed by atoms with Gasteiger partial charge in [0.25, 0.3) is 5.69 Å². The normalized spacial score (nSPS) is 15.3. The first-order chi connectivity index (χ1) is 14.8. The van der Waals surface area contributed by atoms with Gasteiger partial charge in [-0.2, -0.15) is 4.31 Å². The molecular formula is C20H19ClN4O5S. The molecule has 2 heterocycles. The molecule has 0 atom stereocenters. The molecule has 3 aromatic rings. The van der Waals surface area contributed by atoms with Crippen LogP contribution in [-0.4, -0.2) is 59.2 Å². The molecule has 1 aromatic heterocycles. The van der Waals surface area contributed by atoms with Gasteiger partial charge < -0.3 is 9.47 Å². The number of amides is 1. The maximum atomic E-state index is 12.9. The first-order valence-corrected chi connectivity index (χ1v) is 11.3. The fourth-order valence-electron chi connectivity index (χ4n) is 3.68. The summed E-state index contributed by atoms with van der Waals surface area (Å²) in [5.74, 6) is -0.139. The number of carbonyl (C=O) groups is 1. The van der Waals surface area contributed by atoms with E-state index in [1.54, 1.807) is 21.6 Å². The highest BCUT2D eigenvalue weighted by atomic mass is 35.5. The lowest BCUT2D eigenvalue weighted by molar-refractivity contribution is -0.387. The van der Waals surface area contributed by atoms with Crippen LogP contribution in [0, 0.1) is 10.1 Å². The number of sulfonamides is 1. The summed E-state index contributed by atoms with van der Waals surface area (Å²) < 4.78 is 28.8. The summed E-state index contributed by atoms with van der Waals surface area (Å²) in [6, 6.07) is 12.6. The Morgan fingerprint density at radius 2 is 1.77 bits per heavy atom. The van der Waals surface area contributed by atoms with Crippen molar-refractivity contribution in [2.45, 2.75) is 11.4 Å². The van der Waals surface area contributed by atoms with E-state index in [0.717, 1.165) is 10.9 Å². The first kappa shape index (κ1) is 21.3. The van der Waals surface area contributed by atoms with Crippen LogP contribution >= 0.6 is 11.6 Å². The molecule has 0 saturated carbocycles. The highest BCUT2D eigenvalue weighted by Crippen LogP contribution is 2.27. The molecule has 0 radical (unpaired) electrons. The van der Waals surface area contributed by atoms with E-state index in [9.17, 15) is 23.3 Å². The zero-order valence-corrected chi connectivity index (χ0v) is 17.9. The molecule has 162 valence electrons. The number of nitro groups is 1. The van der Waals surface area contributed by atoms with Gasteiger partial charge in [0.2, 0.25) is 15.9 Å². The summed E-state index contributed by atoms with van der Waals surface area (Å²) in [5, 5.41) is 12.8. The standard InChI is InChI=1S/C20H19ClN4O5S/c21-16-6-5-15-7-8-23(18(15)13-16)14-20(26)22-9-11-24(12-10-22)31(29,30)19-4-2-1-3-17(19)25(27)28/h1-8,13H,9-12,14H2. The van der Waals surface area contributed by atoms with Crippen molar-refractivity contribution in [3.05, 3.63) is 69.9 Å². The van der Waals surface area contributed by atoms with Crippen molar-refractivity contribution in [1.82, 2.24) is 13.8 Å². The van der Waals surface area contributed by atoms with E-state index in [1.807, 2.05) is 18.3 Å². The Bertz CT molecular complexity index is 1270. The Morgan fingerprint density at radius 1 is 1.06 bits per heavy atom. The van der Waals surface area contributed by atoms with Crippen LogP contribution in [0.4, 0.5) is 5.69 Å². The number of piperazine rings is 1. The Hall–Kier alpha value is -2.95. The van der Waals surface area contributed by atoms with E-state index in [2.05, 4.69) is 0 Å². The first-order valence-electron chi connectivity index (χ1n) is 9.53. The number of hydrogen-bond donors (Lipinski definition) is 0. The molecule has 11 heteroatoms. The molecule has 31 heavy (non-hydrogen) atoms. The number of benzene rings is 2. The third-order valence-corrected chi connectivity index (χ3v) is 7.49. The highest BCUT2D eigenvalue weighted by Gasteiger charge is 2.34. The molecular weight excluding hydrogens is 444 g/mol. The van der Waals surface area contributed by atoms with E-state index in [0.29, 0.717) is 5.02 Å². The largest absolute Gasteiger partial charge is 0.339 e. The minimum absolute atomic E-state index is 0.0678. The van der Waals surface area contributed by atoms with E-state index in [4.69, 9.17) is 11.6 Å². The molecule has 0 N–H and O–H groups in total. The lowest BCUT2D eigenvalue weighted by Gasteiger charge is -2.34. The van der Waals surface area contributed by atoms with Gasteiger partial charge in [0.1, 0.15) is 6.54 Å². The van der Waals surface area contributed by atoms with Crippen molar-refractivity contribution in [3.8, 4) is 0 Å². The number of rotatable bonds is 5. The minimum Gasteiger partial charge on any atom is -0.339 e. The van der Waals surface area contributed by atoms with E-state index in [-0.39, 0.29) is 43.5 Å². The van der Waals surface area contributed by atoms with Gasteiger partial charge in [0.15, 0.2) is 4.90 Å². The smallest absolute Gasteiger partial charge is 0.289 e. The number of nitrogens with zero attached hydrogens (tertiary/aromatic N) is 4. The number of para-hydroxylation sites is 1. The Morgan fingerprint density at radius 3 is 2.48 bits per heavy atom. The second kappa shape index (κ2) is 8.29. The maximum absolute atomic E-state index is 12.9. The van der Waals surface area contributed by atoms with Crippen LogP contribution in [0.1, 0.15) is 0 Å². The lowest BCUT2D eigenvalue weighted by Crippen LogP contribution is -2.51. The second-order valence-corrected chi connectivity index (χ2v) is 9.50. The number of aromatic nitrogens is 1. The molecule has 2 aromatic carbocycles. The topological polar surface area (TPSA) is 106 Å².